The summed E-state index contributed by atoms with van der Waals surface area (Å²) in [6, 6.07) is 6.37. The number of carbonyl (C=O) groups is 1. The minimum atomic E-state index is -0.0314. The number of hydrogen-bond donors (Lipinski definition) is 2. The molecule has 1 saturated heterocycles. The van der Waals surface area contributed by atoms with Gasteiger partial charge in [-0.1, -0.05) is 13.0 Å². The molecule has 0 spiro atoms. The Bertz CT molecular complexity index is 487. The minimum Gasteiger partial charge on any atom is -0.382 e. The molecule has 0 bridgehead atoms. The topological polar surface area (TPSA) is 44.4 Å². The largest absolute Gasteiger partial charge is 0.382 e. The number of nitrogens with zero attached hydrogens (tertiary/aromatic N) is 1. The van der Waals surface area contributed by atoms with E-state index in [0.717, 1.165) is 30.8 Å². The van der Waals surface area contributed by atoms with Crippen LogP contribution in [0.2, 0.25) is 0 Å². The molecule has 1 amide bonds. The predicted octanol–water partition coefficient (Wildman–Crippen LogP) is 2.64. The van der Waals surface area contributed by atoms with Gasteiger partial charge in [-0.2, -0.15) is 0 Å². The van der Waals surface area contributed by atoms with Crippen LogP contribution in [-0.2, 0) is 0 Å². The number of carbonyl (C=O) groups excluding carboxylic acids is 1. The van der Waals surface area contributed by atoms with Gasteiger partial charge in [-0.15, -0.1) is 0 Å². The van der Waals surface area contributed by atoms with Gasteiger partial charge in [-0.3, -0.25) is 4.79 Å². The molecule has 1 atom stereocenters. The van der Waals surface area contributed by atoms with Crippen molar-refractivity contribution in [3.05, 3.63) is 29.3 Å². The van der Waals surface area contributed by atoms with E-state index in [1.807, 2.05) is 18.2 Å². The van der Waals surface area contributed by atoms with Crippen molar-refractivity contribution in [2.45, 2.75) is 39.2 Å². The van der Waals surface area contributed by atoms with Crippen LogP contribution < -0.4 is 10.6 Å². The second-order valence-corrected chi connectivity index (χ2v) is 5.82. The molecule has 2 rings (SSSR count). The van der Waals surface area contributed by atoms with Crippen molar-refractivity contribution >= 4 is 11.6 Å². The Hall–Kier alpha value is -1.55. The van der Waals surface area contributed by atoms with E-state index >= 15 is 0 Å². The first-order chi connectivity index (χ1) is 10.1. The molecule has 1 heterocycles. The van der Waals surface area contributed by atoms with Gasteiger partial charge in [0.1, 0.15) is 0 Å². The molecule has 0 radical (unpaired) electrons. The highest BCUT2D eigenvalue weighted by Crippen LogP contribution is 2.21. The third-order valence-electron chi connectivity index (χ3n) is 4.35. The van der Waals surface area contributed by atoms with Gasteiger partial charge in [0, 0.05) is 30.9 Å². The fourth-order valence-electron chi connectivity index (χ4n) is 2.90. The first-order valence-corrected chi connectivity index (χ1v) is 7.95. The molecule has 2 N–H and O–H groups in total. The number of amides is 1. The Kier molecular flexibility index (Phi) is 5.62. The highest BCUT2D eigenvalue weighted by molar-refractivity contribution is 5.95. The van der Waals surface area contributed by atoms with Crippen LogP contribution in [0.5, 0.6) is 0 Å². The van der Waals surface area contributed by atoms with Crippen molar-refractivity contribution in [1.29, 1.82) is 0 Å². The standard InChI is InChI=1S/C17H27N3O/c1-4-20-10-5-6-15(9-11-20)19-16-12-14(17(21)18-3)8-7-13(16)2/h7-8,12,15,19H,4-6,9-11H2,1-3H3,(H,18,21). The molecule has 4 heteroatoms. The molecule has 1 aliphatic heterocycles. The zero-order chi connectivity index (χ0) is 15.2. The van der Waals surface area contributed by atoms with E-state index in [1.54, 1.807) is 7.05 Å². The van der Waals surface area contributed by atoms with E-state index in [1.165, 1.54) is 24.9 Å². The summed E-state index contributed by atoms with van der Waals surface area (Å²) in [5.41, 5.74) is 3.00. The maximum Gasteiger partial charge on any atom is 0.251 e. The van der Waals surface area contributed by atoms with Crippen molar-refractivity contribution in [2.75, 3.05) is 32.0 Å². The molecular formula is C17H27N3O. The molecule has 1 unspecified atom stereocenters. The molecule has 0 aliphatic carbocycles. The third kappa shape index (κ3) is 4.21. The summed E-state index contributed by atoms with van der Waals surface area (Å²) in [6.07, 6.45) is 3.59. The van der Waals surface area contributed by atoms with E-state index in [9.17, 15) is 4.79 Å². The van der Waals surface area contributed by atoms with Crippen molar-refractivity contribution in [1.82, 2.24) is 10.2 Å². The van der Waals surface area contributed by atoms with Crippen LogP contribution in [0.15, 0.2) is 18.2 Å². The average Bonchev–Trinajstić information content (AvgIpc) is 2.73. The van der Waals surface area contributed by atoms with E-state index in [-0.39, 0.29) is 5.91 Å². The van der Waals surface area contributed by atoms with E-state index in [2.05, 4.69) is 29.4 Å². The second-order valence-electron chi connectivity index (χ2n) is 5.82. The van der Waals surface area contributed by atoms with Crippen LogP contribution in [0.25, 0.3) is 0 Å². The second kappa shape index (κ2) is 7.46. The number of anilines is 1. The first-order valence-electron chi connectivity index (χ1n) is 7.95. The zero-order valence-electron chi connectivity index (χ0n) is 13.4. The van der Waals surface area contributed by atoms with E-state index in [4.69, 9.17) is 0 Å². The molecule has 1 aliphatic rings. The fourth-order valence-corrected chi connectivity index (χ4v) is 2.90. The Balaban J connectivity index is 2.06. The maximum atomic E-state index is 11.8. The SMILES string of the molecule is CCN1CCCC(Nc2cc(C(=O)NC)ccc2C)CC1. The van der Waals surface area contributed by atoms with Gasteiger partial charge in [-0.25, -0.2) is 0 Å². The number of benzene rings is 1. The number of aryl methyl sites for hydroxylation is 1. The molecule has 4 nitrogen and oxygen atoms in total. The zero-order valence-corrected chi connectivity index (χ0v) is 13.4. The van der Waals surface area contributed by atoms with Gasteiger partial charge in [0.2, 0.25) is 0 Å². The molecule has 1 aromatic carbocycles. The summed E-state index contributed by atoms with van der Waals surface area (Å²) in [5.74, 6) is -0.0314. The minimum absolute atomic E-state index is 0.0314. The van der Waals surface area contributed by atoms with Crippen LogP contribution in [0.1, 0.15) is 42.1 Å². The highest BCUT2D eigenvalue weighted by Gasteiger charge is 2.17. The quantitative estimate of drug-likeness (QED) is 0.895. The van der Waals surface area contributed by atoms with E-state index < -0.39 is 0 Å². The van der Waals surface area contributed by atoms with Crippen molar-refractivity contribution in [3.63, 3.8) is 0 Å². The monoisotopic (exact) mass is 289 g/mol. The van der Waals surface area contributed by atoms with Crippen molar-refractivity contribution < 1.29 is 4.79 Å². The first kappa shape index (κ1) is 15.8. The Morgan fingerprint density at radius 3 is 2.86 bits per heavy atom. The summed E-state index contributed by atoms with van der Waals surface area (Å²) < 4.78 is 0. The lowest BCUT2D eigenvalue weighted by Gasteiger charge is -2.20. The van der Waals surface area contributed by atoms with Crippen molar-refractivity contribution in [3.8, 4) is 0 Å². The normalized spacial score (nSPS) is 19.9. The number of rotatable bonds is 4. The van der Waals surface area contributed by atoms with Crippen LogP contribution in [0.3, 0.4) is 0 Å². The maximum absolute atomic E-state index is 11.8. The lowest BCUT2D eigenvalue weighted by atomic mass is 10.1. The molecule has 0 saturated carbocycles. The number of hydrogen-bond acceptors (Lipinski definition) is 3. The van der Waals surface area contributed by atoms with Gasteiger partial charge < -0.3 is 15.5 Å². The predicted molar refractivity (Wildman–Crippen MR) is 87.9 cm³/mol. The van der Waals surface area contributed by atoms with Gasteiger partial charge in [0.15, 0.2) is 0 Å². The smallest absolute Gasteiger partial charge is 0.251 e. The Morgan fingerprint density at radius 2 is 2.14 bits per heavy atom. The van der Waals surface area contributed by atoms with Crippen LogP contribution in [0.4, 0.5) is 5.69 Å². The molecule has 1 aromatic rings. The number of likely N-dealkylation sites (tertiary alicyclic amines) is 1. The van der Waals surface area contributed by atoms with Crippen LogP contribution in [-0.4, -0.2) is 43.5 Å². The molecule has 0 aromatic heterocycles. The number of nitrogens with one attached hydrogen (secondary N) is 2. The molecular weight excluding hydrogens is 262 g/mol. The lowest BCUT2D eigenvalue weighted by molar-refractivity contribution is 0.0963. The lowest BCUT2D eigenvalue weighted by Crippen LogP contribution is -2.26. The van der Waals surface area contributed by atoms with Gasteiger partial charge in [0.25, 0.3) is 5.91 Å². The molecule has 116 valence electrons. The Morgan fingerprint density at radius 1 is 1.33 bits per heavy atom. The van der Waals surface area contributed by atoms with Crippen LogP contribution >= 0.6 is 0 Å². The summed E-state index contributed by atoms with van der Waals surface area (Å²) in [5, 5.41) is 6.33. The summed E-state index contributed by atoms with van der Waals surface area (Å²) >= 11 is 0. The summed E-state index contributed by atoms with van der Waals surface area (Å²) in [6.45, 7) is 7.81. The summed E-state index contributed by atoms with van der Waals surface area (Å²) in [7, 11) is 1.67. The van der Waals surface area contributed by atoms with Crippen molar-refractivity contribution in [2.24, 2.45) is 0 Å². The van der Waals surface area contributed by atoms with Crippen LogP contribution in [0, 0.1) is 6.92 Å². The third-order valence-corrected chi connectivity index (χ3v) is 4.35. The summed E-state index contributed by atoms with van der Waals surface area (Å²) in [4.78, 5) is 14.3. The van der Waals surface area contributed by atoms with Gasteiger partial charge in [0.05, 0.1) is 0 Å². The average molecular weight is 289 g/mol. The van der Waals surface area contributed by atoms with E-state index in [0.29, 0.717) is 6.04 Å². The Labute approximate surface area is 127 Å². The molecule has 21 heavy (non-hydrogen) atoms. The van der Waals surface area contributed by atoms with Gasteiger partial charge >= 0.3 is 0 Å². The fraction of sp³-hybridized carbons (Fsp3) is 0.588. The molecule has 1 fully saturated rings. The van der Waals surface area contributed by atoms with Gasteiger partial charge in [-0.05, 0) is 57.0 Å². The highest BCUT2D eigenvalue weighted by atomic mass is 16.1.